The van der Waals surface area contributed by atoms with Gasteiger partial charge in [0.15, 0.2) is 0 Å². The van der Waals surface area contributed by atoms with Crippen molar-refractivity contribution in [2.75, 3.05) is 13.7 Å². The zero-order valence-corrected chi connectivity index (χ0v) is 14.4. The maximum atomic E-state index is 12.3. The zero-order chi connectivity index (χ0) is 18.4. The lowest BCUT2D eigenvalue weighted by atomic mass is 10.1. The van der Waals surface area contributed by atoms with Gasteiger partial charge < -0.3 is 14.8 Å². The minimum atomic E-state index is -0.580. The summed E-state index contributed by atoms with van der Waals surface area (Å²) in [5.74, 6) is 0.851. The number of hydrogen-bond donors (Lipinski definition) is 1. The molecule has 7 nitrogen and oxygen atoms in total. The van der Waals surface area contributed by atoms with Crippen LogP contribution in [0.3, 0.4) is 0 Å². The first-order chi connectivity index (χ1) is 11.9. The fourth-order valence-corrected chi connectivity index (χ4v) is 2.24. The van der Waals surface area contributed by atoms with E-state index in [4.69, 9.17) is 21.1 Å². The Morgan fingerprint density at radius 1 is 1.24 bits per heavy atom. The Morgan fingerprint density at radius 2 is 1.88 bits per heavy atom. The number of halogens is 1. The summed E-state index contributed by atoms with van der Waals surface area (Å²) < 4.78 is 10.6. The number of methoxy groups -OCH3 is 1. The number of carbonyl (C=O) groups is 1. The van der Waals surface area contributed by atoms with E-state index in [0.29, 0.717) is 11.5 Å². The number of nitrogens with zero attached hydrogens (tertiary/aromatic N) is 1. The molecule has 0 unspecified atom stereocenters. The summed E-state index contributed by atoms with van der Waals surface area (Å²) in [4.78, 5) is 22.5. The Kier molecular flexibility index (Phi) is 6.19. The van der Waals surface area contributed by atoms with Gasteiger partial charge in [-0.15, -0.1) is 0 Å². The molecule has 2 rings (SSSR count). The number of benzene rings is 2. The third-order valence-electron chi connectivity index (χ3n) is 3.34. The molecule has 25 heavy (non-hydrogen) atoms. The van der Waals surface area contributed by atoms with E-state index in [2.05, 4.69) is 5.32 Å². The molecule has 0 aromatic heterocycles. The maximum absolute atomic E-state index is 12.3. The van der Waals surface area contributed by atoms with Crippen LogP contribution in [0.1, 0.15) is 17.3 Å². The summed E-state index contributed by atoms with van der Waals surface area (Å²) in [5.41, 5.74) is -0.149. The van der Waals surface area contributed by atoms with Gasteiger partial charge in [0.25, 0.3) is 11.6 Å². The second-order valence-electron chi connectivity index (χ2n) is 5.28. The van der Waals surface area contributed by atoms with Crippen LogP contribution < -0.4 is 14.8 Å². The molecule has 1 N–H and O–H groups in total. The third kappa shape index (κ3) is 5.09. The first-order valence-corrected chi connectivity index (χ1v) is 7.80. The van der Waals surface area contributed by atoms with Gasteiger partial charge in [0.1, 0.15) is 18.1 Å². The van der Waals surface area contributed by atoms with Gasteiger partial charge in [0, 0.05) is 12.1 Å². The van der Waals surface area contributed by atoms with E-state index < -0.39 is 10.8 Å². The van der Waals surface area contributed by atoms with Crippen LogP contribution in [0.5, 0.6) is 11.5 Å². The molecule has 0 aliphatic rings. The molecule has 132 valence electrons. The SMILES string of the molecule is COc1ccc(OC[C@@H](C)NC(=O)c2cc([N+](=O)[O-])ccc2Cl)cc1. The standard InChI is InChI=1S/C17H17ClN2O5/c1-11(10-25-14-6-4-13(24-2)5-7-14)19-17(21)15-9-12(20(22)23)3-8-16(15)18/h3-9,11H,10H2,1-2H3,(H,19,21)/t11-/m1/s1. The van der Waals surface area contributed by atoms with Crippen LogP contribution in [0.4, 0.5) is 5.69 Å². The molecule has 0 saturated heterocycles. The Balaban J connectivity index is 1.95. The summed E-state index contributed by atoms with van der Waals surface area (Å²) in [7, 11) is 1.58. The lowest BCUT2D eigenvalue weighted by molar-refractivity contribution is -0.384. The van der Waals surface area contributed by atoms with Gasteiger partial charge in [0.05, 0.1) is 28.7 Å². The number of ether oxygens (including phenoxy) is 2. The number of non-ortho nitro benzene ring substituents is 1. The lowest BCUT2D eigenvalue weighted by Gasteiger charge is -2.15. The average Bonchev–Trinajstić information content (AvgIpc) is 2.60. The minimum absolute atomic E-state index is 0.0483. The van der Waals surface area contributed by atoms with Crippen LogP contribution in [0.25, 0.3) is 0 Å². The van der Waals surface area contributed by atoms with E-state index in [1.165, 1.54) is 12.1 Å². The molecular weight excluding hydrogens is 348 g/mol. The maximum Gasteiger partial charge on any atom is 0.270 e. The van der Waals surface area contributed by atoms with Crippen molar-refractivity contribution in [1.29, 1.82) is 0 Å². The minimum Gasteiger partial charge on any atom is -0.497 e. The molecule has 0 heterocycles. The molecular formula is C17H17ClN2O5. The van der Waals surface area contributed by atoms with Gasteiger partial charge >= 0.3 is 0 Å². The summed E-state index contributed by atoms with van der Waals surface area (Å²) in [5, 5.41) is 13.7. The van der Waals surface area contributed by atoms with Crippen LogP contribution in [0, 0.1) is 10.1 Å². The molecule has 0 spiro atoms. The molecule has 1 atom stereocenters. The largest absolute Gasteiger partial charge is 0.497 e. The first kappa shape index (κ1) is 18.5. The normalized spacial score (nSPS) is 11.5. The van der Waals surface area contributed by atoms with Crippen molar-refractivity contribution in [3.63, 3.8) is 0 Å². The predicted molar refractivity (Wildman–Crippen MR) is 93.5 cm³/mol. The number of nitro groups is 1. The van der Waals surface area contributed by atoms with Gasteiger partial charge in [0.2, 0.25) is 0 Å². The molecule has 0 radical (unpaired) electrons. The third-order valence-corrected chi connectivity index (χ3v) is 3.67. The highest BCUT2D eigenvalue weighted by molar-refractivity contribution is 6.33. The second kappa shape index (κ2) is 8.34. The number of nitro benzene ring substituents is 1. The van der Waals surface area contributed by atoms with Crippen molar-refractivity contribution in [2.45, 2.75) is 13.0 Å². The Labute approximate surface area is 149 Å². The van der Waals surface area contributed by atoms with Gasteiger partial charge in [-0.25, -0.2) is 0 Å². The fraction of sp³-hybridized carbons (Fsp3) is 0.235. The number of nitrogens with one attached hydrogen (secondary N) is 1. The van der Waals surface area contributed by atoms with Crippen LogP contribution >= 0.6 is 11.6 Å². The smallest absolute Gasteiger partial charge is 0.270 e. The summed E-state index contributed by atoms with van der Waals surface area (Å²) in [6.07, 6.45) is 0. The molecule has 0 aliphatic heterocycles. The van der Waals surface area contributed by atoms with Gasteiger partial charge in [-0.05, 0) is 37.3 Å². The van der Waals surface area contributed by atoms with Crippen molar-refractivity contribution in [2.24, 2.45) is 0 Å². The average molecular weight is 365 g/mol. The number of amides is 1. The monoisotopic (exact) mass is 364 g/mol. The molecule has 0 bridgehead atoms. The number of carbonyl (C=O) groups excluding carboxylic acids is 1. The Hall–Kier alpha value is -2.80. The Bertz CT molecular complexity index is 764. The van der Waals surface area contributed by atoms with Crippen molar-refractivity contribution in [3.05, 3.63) is 63.2 Å². The van der Waals surface area contributed by atoms with E-state index in [9.17, 15) is 14.9 Å². The van der Waals surface area contributed by atoms with E-state index in [-0.39, 0.29) is 28.9 Å². The lowest BCUT2D eigenvalue weighted by Crippen LogP contribution is -2.36. The highest BCUT2D eigenvalue weighted by Gasteiger charge is 2.17. The van der Waals surface area contributed by atoms with Crippen LogP contribution in [0.15, 0.2) is 42.5 Å². The summed E-state index contributed by atoms with van der Waals surface area (Å²) >= 11 is 5.95. The molecule has 0 aliphatic carbocycles. The van der Waals surface area contributed by atoms with Crippen molar-refractivity contribution < 1.29 is 19.2 Å². The van der Waals surface area contributed by atoms with Crippen molar-refractivity contribution in [3.8, 4) is 11.5 Å². The highest BCUT2D eigenvalue weighted by Crippen LogP contribution is 2.22. The number of rotatable bonds is 7. The highest BCUT2D eigenvalue weighted by atomic mass is 35.5. The molecule has 0 saturated carbocycles. The molecule has 8 heteroatoms. The van der Waals surface area contributed by atoms with Gasteiger partial charge in [-0.3, -0.25) is 14.9 Å². The van der Waals surface area contributed by atoms with E-state index in [1.807, 2.05) is 0 Å². The predicted octanol–water partition coefficient (Wildman–Crippen LogP) is 3.45. The van der Waals surface area contributed by atoms with Crippen molar-refractivity contribution in [1.82, 2.24) is 5.32 Å². The Morgan fingerprint density at radius 3 is 2.48 bits per heavy atom. The molecule has 2 aromatic carbocycles. The topological polar surface area (TPSA) is 90.7 Å². The second-order valence-corrected chi connectivity index (χ2v) is 5.69. The van der Waals surface area contributed by atoms with E-state index in [1.54, 1.807) is 38.3 Å². The van der Waals surface area contributed by atoms with E-state index in [0.717, 1.165) is 6.07 Å². The van der Waals surface area contributed by atoms with Gasteiger partial charge in [-0.1, -0.05) is 11.6 Å². The molecule has 2 aromatic rings. The summed E-state index contributed by atoms with van der Waals surface area (Å²) in [6.45, 7) is 1.98. The zero-order valence-electron chi connectivity index (χ0n) is 13.7. The van der Waals surface area contributed by atoms with Crippen molar-refractivity contribution >= 4 is 23.2 Å². The van der Waals surface area contributed by atoms with Crippen LogP contribution in [-0.4, -0.2) is 30.6 Å². The summed E-state index contributed by atoms with van der Waals surface area (Å²) in [6, 6.07) is 10.4. The molecule has 0 fully saturated rings. The molecule has 1 amide bonds. The van der Waals surface area contributed by atoms with E-state index >= 15 is 0 Å². The van der Waals surface area contributed by atoms with Gasteiger partial charge in [-0.2, -0.15) is 0 Å². The van der Waals surface area contributed by atoms with Crippen LogP contribution in [-0.2, 0) is 0 Å². The quantitative estimate of drug-likeness (QED) is 0.600. The first-order valence-electron chi connectivity index (χ1n) is 7.42. The fourth-order valence-electron chi connectivity index (χ4n) is 2.04. The number of hydrogen-bond acceptors (Lipinski definition) is 5. The van der Waals surface area contributed by atoms with Crippen LogP contribution in [0.2, 0.25) is 5.02 Å².